The SMILES string of the molecule is CCOC(=O)C(N)(CCSC(C)CO)c1ccccc1. The van der Waals surface area contributed by atoms with Crippen LogP contribution in [0.1, 0.15) is 25.8 Å². The van der Waals surface area contributed by atoms with Gasteiger partial charge in [-0.15, -0.1) is 0 Å². The van der Waals surface area contributed by atoms with Crippen LogP contribution in [0.15, 0.2) is 30.3 Å². The topological polar surface area (TPSA) is 72.5 Å². The summed E-state index contributed by atoms with van der Waals surface area (Å²) in [5, 5.41) is 9.17. The fourth-order valence-corrected chi connectivity index (χ4v) is 2.78. The molecule has 0 aliphatic rings. The maximum Gasteiger partial charge on any atom is 0.330 e. The van der Waals surface area contributed by atoms with Crippen molar-refractivity contribution >= 4 is 17.7 Å². The van der Waals surface area contributed by atoms with Gasteiger partial charge in [0.05, 0.1) is 13.2 Å². The highest BCUT2D eigenvalue weighted by atomic mass is 32.2. The summed E-state index contributed by atoms with van der Waals surface area (Å²) in [5.41, 5.74) is 5.96. The number of benzene rings is 1. The van der Waals surface area contributed by atoms with Gasteiger partial charge in [0.25, 0.3) is 0 Å². The van der Waals surface area contributed by atoms with Crippen LogP contribution in [-0.4, -0.2) is 35.3 Å². The molecular weight excluding hydrogens is 274 g/mol. The smallest absolute Gasteiger partial charge is 0.330 e. The summed E-state index contributed by atoms with van der Waals surface area (Å²) >= 11 is 1.60. The lowest BCUT2D eigenvalue weighted by Gasteiger charge is -2.28. The monoisotopic (exact) mass is 297 g/mol. The first-order valence-corrected chi connectivity index (χ1v) is 7.83. The predicted octanol–water partition coefficient (Wildman–Crippen LogP) is 1.91. The molecule has 4 nitrogen and oxygen atoms in total. The molecule has 0 spiro atoms. The van der Waals surface area contributed by atoms with E-state index in [1.807, 2.05) is 37.3 Å². The third-order valence-corrected chi connectivity index (χ3v) is 4.24. The van der Waals surface area contributed by atoms with Crippen molar-refractivity contribution in [2.75, 3.05) is 19.0 Å². The summed E-state index contributed by atoms with van der Waals surface area (Å²) in [6.07, 6.45) is 0.477. The second-order valence-corrected chi connectivity index (χ2v) is 6.22. The Labute approximate surface area is 124 Å². The van der Waals surface area contributed by atoms with Crippen LogP contribution in [0.25, 0.3) is 0 Å². The molecule has 3 N–H and O–H groups in total. The lowest BCUT2D eigenvalue weighted by molar-refractivity contribution is -0.150. The van der Waals surface area contributed by atoms with Crippen molar-refractivity contribution in [3.63, 3.8) is 0 Å². The largest absolute Gasteiger partial charge is 0.464 e. The summed E-state index contributed by atoms with van der Waals surface area (Å²) in [6.45, 7) is 4.14. The van der Waals surface area contributed by atoms with Crippen LogP contribution >= 0.6 is 11.8 Å². The van der Waals surface area contributed by atoms with Crippen LogP contribution < -0.4 is 5.73 Å². The number of aliphatic hydroxyl groups is 1. The zero-order chi connectivity index (χ0) is 15.0. The molecule has 0 saturated carbocycles. The Balaban J connectivity index is 2.82. The zero-order valence-corrected chi connectivity index (χ0v) is 12.9. The van der Waals surface area contributed by atoms with Gasteiger partial charge in [-0.05, 0) is 24.7 Å². The van der Waals surface area contributed by atoms with Gasteiger partial charge in [0, 0.05) is 5.25 Å². The highest BCUT2D eigenvalue weighted by molar-refractivity contribution is 7.99. The van der Waals surface area contributed by atoms with Crippen LogP contribution in [0, 0.1) is 0 Å². The number of rotatable bonds is 8. The lowest BCUT2D eigenvalue weighted by Crippen LogP contribution is -2.46. The fraction of sp³-hybridized carbons (Fsp3) is 0.533. The third kappa shape index (κ3) is 4.51. The van der Waals surface area contributed by atoms with Gasteiger partial charge < -0.3 is 15.6 Å². The van der Waals surface area contributed by atoms with E-state index in [1.54, 1.807) is 18.7 Å². The van der Waals surface area contributed by atoms with Crippen molar-refractivity contribution < 1.29 is 14.6 Å². The Morgan fingerprint density at radius 3 is 2.65 bits per heavy atom. The summed E-state index contributed by atoms with van der Waals surface area (Å²) < 4.78 is 5.12. The molecule has 0 heterocycles. The van der Waals surface area contributed by atoms with Crippen LogP contribution in [0.5, 0.6) is 0 Å². The van der Waals surface area contributed by atoms with E-state index >= 15 is 0 Å². The Morgan fingerprint density at radius 1 is 1.45 bits per heavy atom. The molecule has 0 radical (unpaired) electrons. The molecule has 2 atom stereocenters. The van der Waals surface area contributed by atoms with Gasteiger partial charge >= 0.3 is 5.97 Å². The van der Waals surface area contributed by atoms with E-state index in [2.05, 4.69) is 0 Å². The molecule has 1 aromatic rings. The van der Waals surface area contributed by atoms with Gasteiger partial charge in [-0.3, -0.25) is 0 Å². The van der Waals surface area contributed by atoms with Gasteiger partial charge in [0.1, 0.15) is 5.54 Å². The first-order chi connectivity index (χ1) is 9.54. The molecule has 5 heteroatoms. The van der Waals surface area contributed by atoms with Crippen LogP contribution in [0.3, 0.4) is 0 Å². The highest BCUT2D eigenvalue weighted by Gasteiger charge is 2.37. The Morgan fingerprint density at radius 2 is 2.10 bits per heavy atom. The van der Waals surface area contributed by atoms with Crippen molar-refractivity contribution in [2.24, 2.45) is 5.73 Å². The van der Waals surface area contributed by atoms with E-state index in [-0.39, 0.29) is 11.9 Å². The van der Waals surface area contributed by atoms with Gasteiger partial charge in [-0.2, -0.15) is 11.8 Å². The van der Waals surface area contributed by atoms with Crippen LogP contribution in [0.4, 0.5) is 0 Å². The molecule has 0 saturated heterocycles. The summed E-state index contributed by atoms with van der Waals surface area (Å²) in [4.78, 5) is 12.2. The molecule has 0 bridgehead atoms. The molecule has 1 aromatic carbocycles. The number of carbonyl (C=O) groups is 1. The van der Waals surface area contributed by atoms with Gasteiger partial charge in [-0.1, -0.05) is 37.3 Å². The molecule has 0 fully saturated rings. The van der Waals surface area contributed by atoms with E-state index in [0.717, 1.165) is 5.56 Å². The average Bonchev–Trinajstić information content (AvgIpc) is 2.47. The molecule has 2 unspecified atom stereocenters. The standard InChI is InChI=1S/C15H23NO3S/c1-3-19-14(18)15(16,9-10-20-12(2)11-17)13-7-5-4-6-8-13/h4-8,12,17H,3,9-11,16H2,1-2H3. The Kier molecular flexibility index (Phi) is 7.05. The number of nitrogens with two attached hydrogens (primary N) is 1. The molecule has 0 aliphatic heterocycles. The predicted molar refractivity (Wildman–Crippen MR) is 82.6 cm³/mol. The van der Waals surface area contributed by atoms with Gasteiger partial charge in [0.15, 0.2) is 0 Å². The molecule has 0 aliphatic carbocycles. The molecule has 112 valence electrons. The minimum absolute atomic E-state index is 0.118. The maximum atomic E-state index is 12.2. The van der Waals surface area contributed by atoms with E-state index in [1.165, 1.54) is 0 Å². The lowest BCUT2D eigenvalue weighted by atomic mass is 9.88. The summed E-state index contributed by atoms with van der Waals surface area (Å²) in [6, 6.07) is 9.30. The average molecular weight is 297 g/mol. The first-order valence-electron chi connectivity index (χ1n) is 6.78. The van der Waals surface area contributed by atoms with Crippen molar-refractivity contribution in [1.82, 2.24) is 0 Å². The van der Waals surface area contributed by atoms with E-state index < -0.39 is 11.5 Å². The second-order valence-electron chi connectivity index (χ2n) is 4.67. The number of hydrogen-bond acceptors (Lipinski definition) is 5. The number of hydrogen-bond donors (Lipinski definition) is 2. The second kappa shape index (κ2) is 8.29. The van der Waals surface area contributed by atoms with Crippen molar-refractivity contribution in [1.29, 1.82) is 0 Å². The number of ether oxygens (including phenoxy) is 1. The first kappa shape index (κ1) is 17.0. The summed E-state index contributed by atoms with van der Waals surface area (Å²) in [5.74, 6) is 0.287. The molecule has 20 heavy (non-hydrogen) atoms. The number of thioether (sulfide) groups is 1. The number of carbonyl (C=O) groups excluding carboxylic acids is 1. The maximum absolute atomic E-state index is 12.2. The normalized spacial score (nSPS) is 15.4. The minimum atomic E-state index is -1.13. The zero-order valence-electron chi connectivity index (χ0n) is 12.0. The minimum Gasteiger partial charge on any atom is -0.464 e. The van der Waals surface area contributed by atoms with E-state index in [9.17, 15) is 4.79 Å². The van der Waals surface area contributed by atoms with Crippen LogP contribution in [0.2, 0.25) is 0 Å². The van der Waals surface area contributed by atoms with Crippen molar-refractivity contribution in [3.05, 3.63) is 35.9 Å². The number of esters is 1. The van der Waals surface area contributed by atoms with E-state index in [0.29, 0.717) is 18.8 Å². The van der Waals surface area contributed by atoms with Crippen molar-refractivity contribution in [3.8, 4) is 0 Å². The molecular formula is C15H23NO3S. The van der Waals surface area contributed by atoms with Gasteiger partial charge in [-0.25, -0.2) is 4.79 Å². The molecule has 0 amide bonds. The highest BCUT2D eigenvalue weighted by Crippen LogP contribution is 2.27. The quantitative estimate of drug-likeness (QED) is 0.717. The number of aliphatic hydroxyl groups excluding tert-OH is 1. The Bertz CT molecular complexity index is 413. The fourth-order valence-electron chi connectivity index (χ4n) is 1.83. The Hall–Kier alpha value is -1.04. The van der Waals surface area contributed by atoms with Crippen molar-refractivity contribution in [2.45, 2.75) is 31.1 Å². The molecule has 0 aromatic heterocycles. The molecule has 1 rings (SSSR count). The third-order valence-electron chi connectivity index (χ3n) is 3.08. The van der Waals surface area contributed by atoms with Gasteiger partial charge in [0.2, 0.25) is 0 Å². The van der Waals surface area contributed by atoms with E-state index in [4.69, 9.17) is 15.6 Å². The summed E-state index contributed by atoms with van der Waals surface area (Å²) in [7, 11) is 0. The van der Waals surface area contributed by atoms with Crippen LogP contribution in [-0.2, 0) is 15.1 Å².